The van der Waals surface area contributed by atoms with E-state index in [1.54, 1.807) is 6.07 Å². The van der Waals surface area contributed by atoms with Crippen LogP contribution in [0.15, 0.2) is 28.8 Å². The Morgan fingerprint density at radius 1 is 1.24 bits per heavy atom. The lowest BCUT2D eigenvalue weighted by molar-refractivity contribution is 0.219. The summed E-state index contributed by atoms with van der Waals surface area (Å²) in [5.41, 5.74) is 6.65. The molecule has 1 aromatic carbocycles. The number of rotatable bonds is 4. The van der Waals surface area contributed by atoms with E-state index in [-0.39, 0.29) is 11.2 Å². The lowest BCUT2D eigenvalue weighted by Crippen LogP contribution is -2.37. The first kappa shape index (κ1) is 14.2. The van der Waals surface area contributed by atoms with Crippen LogP contribution in [0.4, 0.5) is 4.39 Å². The maximum absolute atomic E-state index is 13.2. The number of nitrogens with zero attached hydrogens (tertiary/aromatic N) is 2. The summed E-state index contributed by atoms with van der Waals surface area (Å²) >= 11 is 0. The SMILES string of the molecule is NCC1(c2nc(Cc3cccc(F)c3)no2)CCCCC1. The monoisotopic (exact) mass is 289 g/mol. The minimum atomic E-state index is -0.248. The number of nitrogens with two attached hydrogens (primary N) is 1. The van der Waals surface area contributed by atoms with Gasteiger partial charge in [-0.25, -0.2) is 4.39 Å². The van der Waals surface area contributed by atoms with Crippen molar-refractivity contribution in [1.29, 1.82) is 0 Å². The number of aromatic nitrogens is 2. The van der Waals surface area contributed by atoms with Crippen molar-refractivity contribution < 1.29 is 8.91 Å². The molecule has 2 aromatic rings. The van der Waals surface area contributed by atoms with E-state index < -0.39 is 0 Å². The van der Waals surface area contributed by atoms with Crippen LogP contribution in [0.3, 0.4) is 0 Å². The predicted molar refractivity (Wildman–Crippen MR) is 77.3 cm³/mol. The van der Waals surface area contributed by atoms with E-state index in [9.17, 15) is 4.39 Å². The third-order valence-electron chi connectivity index (χ3n) is 4.37. The Bertz CT molecular complexity index is 605. The molecule has 0 amide bonds. The standard InChI is InChI=1S/C16H20FN3O/c17-13-6-4-5-12(9-13)10-14-19-15(21-20-14)16(11-18)7-2-1-3-8-16/h4-6,9H,1-3,7-8,10-11,18H2. The van der Waals surface area contributed by atoms with Gasteiger partial charge in [0.1, 0.15) is 5.82 Å². The third-order valence-corrected chi connectivity index (χ3v) is 4.37. The van der Waals surface area contributed by atoms with Gasteiger partial charge in [0, 0.05) is 13.0 Å². The molecule has 0 saturated heterocycles. The highest BCUT2D eigenvalue weighted by Crippen LogP contribution is 2.37. The highest BCUT2D eigenvalue weighted by Gasteiger charge is 2.37. The molecule has 1 saturated carbocycles. The van der Waals surface area contributed by atoms with E-state index in [1.807, 2.05) is 6.07 Å². The lowest BCUT2D eigenvalue weighted by Gasteiger charge is -2.32. The van der Waals surface area contributed by atoms with Crippen LogP contribution in [0.25, 0.3) is 0 Å². The molecule has 0 unspecified atom stereocenters. The fourth-order valence-corrected chi connectivity index (χ4v) is 3.10. The van der Waals surface area contributed by atoms with E-state index in [0.29, 0.717) is 24.7 Å². The molecule has 21 heavy (non-hydrogen) atoms. The van der Waals surface area contributed by atoms with Crippen LogP contribution in [0.1, 0.15) is 49.4 Å². The molecule has 2 N–H and O–H groups in total. The molecule has 0 aliphatic heterocycles. The van der Waals surface area contributed by atoms with Gasteiger partial charge in [0.2, 0.25) is 5.89 Å². The van der Waals surface area contributed by atoms with Crippen LogP contribution >= 0.6 is 0 Å². The molecule has 5 heteroatoms. The smallest absolute Gasteiger partial charge is 0.234 e. The topological polar surface area (TPSA) is 64.9 Å². The van der Waals surface area contributed by atoms with Crippen molar-refractivity contribution >= 4 is 0 Å². The van der Waals surface area contributed by atoms with Crippen molar-refractivity contribution in [1.82, 2.24) is 10.1 Å². The Balaban J connectivity index is 1.79. The third kappa shape index (κ3) is 2.97. The van der Waals surface area contributed by atoms with Gasteiger partial charge in [-0.15, -0.1) is 0 Å². The van der Waals surface area contributed by atoms with E-state index in [0.717, 1.165) is 31.2 Å². The molecule has 1 fully saturated rings. The molecule has 1 heterocycles. The molecule has 4 nitrogen and oxygen atoms in total. The Kier molecular flexibility index (Phi) is 4.01. The van der Waals surface area contributed by atoms with E-state index in [1.165, 1.54) is 18.6 Å². The van der Waals surface area contributed by atoms with Crippen LogP contribution in [0, 0.1) is 5.82 Å². The van der Waals surface area contributed by atoms with Gasteiger partial charge in [0.05, 0.1) is 5.41 Å². The first-order chi connectivity index (χ1) is 10.2. The number of hydrogen-bond acceptors (Lipinski definition) is 4. The molecule has 1 aromatic heterocycles. The summed E-state index contributed by atoms with van der Waals surface area (Å²) in [4.78, 5) is 4.52. The van der Waals surface area contributed by atoms with Gasteiger partial charge >= 0.3 is 0 Å². The summed E-state index contributed by atoms with van der Waals surface area (Å²) in [6, 6.07) is 6.47. The molecule has 112 valence electrons. The van der Waals surface area contributed by atoms with Crippen molar-refractivity contribution in [2.45, 2.75) is 43.9 Å². The molecule has 3 rings (SSSR count). The fourth-order valence-electron chi connectivity index (χ4n) is 3.10. The molecular weight excluding hydrogens is 269 g/mol. The number of benzene rings is 1. The second-order valence-electron chi connectivity index (χ2n) is 5.87. The van der Waals surface area contributed by atoms with Crippen molar-refractivity contribution in [2.24, 2.45) is 5.73 Å². The molecule has 0 spiro atoms. The highest BCUT2D eigenvalue weighted by molar-refractivity contribution is 5.20. The zero-order chi connectivity index (χ0) is 14.7. The number of halogens is 1. The highest BCUT2D eigenvalue weighted by atomic mass is 19.1. The van der Waals surface area contributed by atoms with Gasteiger partial charge in [-0.05, 0) is 30.5 Å². The molecule has 0 bridgehead atoms. The van der Waals surface area contributed by atoms with Gasteiger partial charge < -0.3 is 10.3 Å². The molecular formula is C16H20FN3O. The Labute approximate surface area is 123 Å². The van der Waals surface area contributed by atoms with Crippen LogP contribution in [0.5, 0.6) is 0 Å². The molecule has 1 aliphatic rings. The van der Waals surface area contributed by atoms with Gasteiger partial charge in [-0.2, -0.15) is 4.98 Å². The summed E-state index contributed by atoms with van der Waals surface area (Å²) in [5.74, 6) is 0.993. The van der Waals surface area contributed by atoms with Gasteiger partial charge in [-0.1, -0.05) is 36.6 Å². The van der Waals surface area contributed by atoms with Crippen molar-refractivity contribution in [3.05, 3.63) is 47.4 Å². The summed E-state index contributed by atoms with van der Waals surface area (Å²) in [5, 5.41) is 4.05. The first-order valence-corrected chi connectivity index (χ1v) is 7.49. The summed E-state index contributed by atoms with van der Waals surface area (Å²) in [6.45, 7) is 0.536. The molecule has 0 atom stereocenters. The minimum Gasteiger partial charge on any atom is -0.339 e. The van der Waals surface area contributed by atoms with Crippen molar-refractivity contribution in [2.75, 3.05) is 6.54 Å². The van der Waals surface area contributed by atoms with Crippen LogP contribution < -0.4 is 5.73 Å². The normalized spacial score (nSPS) is 17.8. The van der Waals surface area contributed by atoms with E-state index >= 15 is 0 Å². The second-order valence-corrected chi connectivity index (χ2v) is 5.87. The zero-order valence-electron chi connectivity index (χ0n) is 12.0. The average Bonchev–Trinajstić information content (AvgIpc) is 2.97. The van der Waals surface area contributed by atoms with Gasteiger partial charge in [-0.3, -0.25) is 0 Å². The Morgan fingerprint density at radius 2 is 2.05 bits per heavy atom. The van der Waals surface area contributed by atoms with E-state index in [2.05, 4.69) is 10.1 Å². The molecule has 0 radical (unpaired) electrons. The van der Waals surface area contributed by atoms with Gasteiger partial charge in [0.25, 0.3) is 0 Å². The van der Waals surface area contributed by atoms with E-state index in [4.69, 9.17) is 10.3 Å². The minimum absolute atomic E-state index is 0.161. The van der Waals surface area contributed by atoms with Gasteiger partial charge in [0.15, 0.2) is 5.82 Å². The summed E-state index contributed by atoms with van der Waals surface area (Å²) < 4.78 is 18.7. The van der Waals surface area contributed by atoms with Crippen molar-refractivity contribution in [3.63, 3.8) is 0 Å². The quantitative estimate of drug-likeness (QED) is 0.939. The van der Waals surface area contributed by atoms with Crippen LogP contribution in [-0.4, -0.2) is 16.7 Å². The van der Waals surface area contributed by atoms with Crippen LogP contribution in [-0.2, 0) is 11.8 Å². The summed E-state index contributed by atoms with van der Waals surface area (Å²) in [7, 11) is 0. The average molecular weight is 289 g/mol. The summed E-state index contributed by atoms with van der Waals surface area (Å²) in [6.07, 6.45) is 6.03. The number of hydrogen-bond donors (Lipinski definition) is 1. The second kappa shape index (κ2) is 5.93. The lowest BCUT2D eigenvalue weighted by atomic mass is 9.74. The zero-order valence-corrected chi connectivity index (χ0v) is 12.0. The molecule has 1 aliphatic carbocycles. The van der Waals surface area contributed by atoms with Crippen molar-refractivity contribution in [3.8, 4) is 0 Å². The fraction of sp³-hybridized carbons (Fsp3) is 0.500. The predicted octanol–water partition coefficient (Wildman–Crippen LogP) is 2.96. The Morgan fingerprint density at radius 3 is 2.76 bits per heavy atom. The Hall–Kier alpha value is -1.75. The largest absolute Gasteiger partial charge is 0.339 e. The maximum Gasteiger partial charge on any atom is 0.234 e. The first-order valence-electron chi connectivity index (χ1n) is 7.49. The maximum atomic E-state index is 13.2. The van der Waals surface area contributed by atoms with Crippen LogP contribution in [0.2, 0.25) is 0 Å².